The summed E-state index contributed by atoms with van der Waals surface area (Å²) in [6.45, 7) is 2.12. The zero-order chi connectivity index (χ0) is 14.9. The molecular formula is C14H17NO5. The molecule has 0 aliphatic carbocycles. The summed E-state index contributed by atoms with van der Waals surface area (Å²) in [5.41, 5.74) is -0.802. The second kappa shape index (κ2) is 5.03. The Balaban J connectivity index is 2.23. The van der Waals surface area contributed by atoms with Crippen molar-refractivity contribution in [2.24, 2.45) is 5.41 Å². The van der Waals surface area contributed by atoms with E-state index in [-0.39, 0.29) is 23.8 Å². The molecule has 1 heterocycles. The summed E-state index contributed by atoms with van der Waals surface area (Å²) in [5, 5.41) is 19.0. The summed E-state index contributed by atoms with van der Waals surface area (Å²) in [7, 11) is 1.47. The van der Waals surface area contributed by atoms with Gasteiger partial charge in [0.05, 0.1) is 18.1 Å². The van der Waals surface area contributed by atoms with E-state index < -0.39 is 11.4 Å². The highest BCUT2D eigenvalue weighted by Gasteiger charge is 2.42. The van der Waals surface area contributed by atoms with E-state index in [1.165, 1.54) is 24.1 Å². The number of benzene rings is 1. The molecule has 1 aliphatic heterocycles. The van der Waals surface area contributed by atoms with Gasteiger partial charge in [-0.15, -0.1) is 0 Å². The van der Waals surface area contributed by atoms with E-state index in [0.29, 0.717) is 18.7 Å². The number of nitrogens with zero attached hydrogens (tertiary/aromatic N) is 1. The molecule has 0 bridgehead atoms. The topological polar surface area (TPSA) is 87.1 Å². The van der Waals surface area contributed by atoms with Gasteiger partial charge in [0.15, 0.2) is 0 Å². The molecule has 1 amide bonds. The van der Waals surface area contributed by atoms with Crippen molar-refractivity contribution in [1.82, 2.24) is 4.90 Å². The number of amides is 1. The SMILES string of the molecule is COc1ccc(O)c(C(=O)N2CCC(C)(C(=O)O)C2)c1. The Kier molecular flexibility index (Phi) is 3.57. The molecule has 1 fully saturated rings. The van der Waals surface area contributed by atoms with Crippen molar-refractivity contribution < 1.29 is 24.5 Å². The summed E-state index contributed by atoms with van der Waals surface area (Å²) in [6, 6.07) is 4.39. The lowest BCUT2D eigenvalue weighted by molar-refractivity contribution is -0.147. The summed E-state index contributed by atoms with van der Waals surface area (Å²) >= 11 is 0. The van der Waals surface area contributed by atoms with Crippen LogP contribution in [0.15, 0.2) is 18.2 Å². The number of carboxylic acids is 1. The fraction of sp³-hybridized carbons (Fsp3) is 0.429. The first-order valence-electron chi connectivity index (χ1n) is 6.27. The van der Waals surface area contributed by atoms with Gasteiger partial charge in [-0.2, -0.15) is 0 Å². The fourth-order valence-corrected chi connectivity index (χ4v) is 2.29. The van der Waals surface area contributed by atoms with Gasteiger partial charge in [-0.05, 0) is 31.5 Å². The quantitative estimate of drug-likeness (QED) is 0.871. The molecule has 2 rings (SSSR count). The maximum absolute atomic E-state index is 12.4. The van der Waals surface area contributed by atoms with Crippen molar-refractivity contribution in [3.05, 3.63) is 23.8 Å². The Morgan fingerprint density at radius 1 is 1.40 bits per heavy atom. The van der Waals surface area contributed by atoms with Crippen LogP contribution in [0.1, 0.15) is 23.7 Å². The minimum atomic E-state index is -0.926. The van der Waals surface area contributed by atoms with E-state index in [1.54, 1.807) is 13.0 Å². The van der Waals surface area contributed by atoms with Gasteiger partial charge in [0.25, 0.3) is 5.91 Å². The molecule has 1 saturated heterocycles. The van der Waals surface area contributed by atoms with Crippen LogP contribution in [-0.2, 0) is 4.79 Å². The number of likely N-dealkylation sites (tertiary alicyclic amines) is 1. The van der Waals surface area contributed by atoms with Crippen LogP contribution in [0.2, 0.25) is 0 Å². The van der Waals surface area contributed by atoms with Crippen LogP contribution >= 0.6 is 0 Å². The van der Waals surface area contributed by atoms with Gasteiger partial charge in [-0.25, -0.2) is 0 Å². The lowest BCUT2D eigenvalue weighted by Gasteiger charge is -2.20. The monoisotopic (exact) mass is 279 g/mol. The number of carbonyl (C=O) groups excluding carboxylic acids is 1. The van der Waals surface area contributed by atoms with E-state index in [9.17, 15) is 19.8 Å². The number of hydrogen-bond acceptors (Lipinski definition) is 4. The Bertz CT molecular complexity index is 556. The molecule has 1 unspecified atom stereocenters. The van der Waals surface area contributed by atoms with Gasteiger partial charge < -0.3 is 19.8 Å². The number of aromatic hydroxyl groups is 1. The zero-order valence-corrected chi connectivity index (χ0v) is 11.4. The highest BCUT2D eigenvalue weighted by molar-refractivity contribution is 5.98. The lowest BCUT2D eigenvalue weighted by Crippen LogP contribution is -2.34. The predicted octanol–water partition coefficient (Wildman–Crippen LogP) is 1.34. The third-order valence-electron chi connectivity index (χ3n) is 3.71. The summed E-state index contributed by atoms with van der Waals surface area (Å²) in [6.07, 6.45) is 0.402. The number of rotatable bonds is 3. The van der Waals surface area contributed by atoms with Crippen LogP contribution in [0.4, 0.5) is 0 Å². The van der Waals surface area contributed by atoms with E-state index in [1.807, 2.05) is 0 Å². The Morgan fingerprint density at radius 3 is 2.65 bits per heavy atom. The third kappa shape index (κ3) is 2.41. The molecule has 108 valence electrons. The van der Waals surface area contributed by atoms with Crippen molar-refractivity contribution in [2.75, 3.05) is 20.2 Å². The van der Waals surface area contributed by atoms with Gasteiger partial charge >= 0.3 is 5.97 Å². The molecule has 0 saturated carbocycles. The largest absolute Gasteiger partial charge is 0.507 e. The first kappa shape index (κ1) is 14.2. The highest BCUT2D eigenvalue weighted by atomic mass is 16.5. The van der Waals surface area contributed by atoms with Gasteiger partial charge in [0.1, 0.15) is 11.5 Å². The van der Waals surface area contributed by atoms with Crippen LogP contribution in [-0.4, -0.2) is 47.2 Å². The maximum Gasteiger partial charge on any atom is 0.311 e. The number of carbonyl (C=O) groups is 2. The van der Waals surface area contributed by atoms with Crippen molar-refractivity contribution in [1.29, 1.82) is 0 Å². The number of aliphatic carboxylic acids is 1. The molecule has 1 atom stereocenters. The molecule has 6 nitrogen and oxygen atoms in total. The smallest absolute Gasteiger partial charge is 0.311 e. The maximum atomic E-state index is 12.4. The molecule has 0 spiro atoms. The molecule has 1 aliphatic rings. The van der Waals surface area contributed by atoms with Gasteiger partial charge in [0, 0.05) is 13.1 Å². The first-order chi connectivity index (χ1) is 9.37. The van der Waals surface area contributed by atoms with Crippen molar-refractivity contribution >= 4 is 11.9 Å². The summed E-state index contributed by atoms with van der Waals surface area (Å²) in [4.78, 5) is 25.0. The highest BCUT2D eigenvalue weighted by Crippen LogP contribution is 2.32. The van der Waals surface area contributed by atoms with Crippen molar-refractivity contribution in [3.63, 3.8) is 0 Å². The molecular weight excluding hydrogens is 262 g/mol. The normalized spacial score (nSPS) is 21.8. The van der Waals surface area contributed by atoms with Crippen LogP contribution in [0, 0.1) is 5.41 Å². The summed E-state index contributed by atoms with van der Waals surface area (Å²) < 4.78 is 5.03. The van der Waals surface area contributed by atoms with Crippen molar-refractivity contribution in [2.45, 2.75) is 13.3 Å². The number of methoxy groups -OCH3 is 1. The minimum absolute atomic E-state index is 0.124. The Morgan fingerprint density at radius 2 is 2.10 bits per heavy atom. The van der Waals surface area contributed by atoms with E-state index in [4.69, 9.17) is 4.74 Å². The number of phenolic OH excluding ortho intramolecular Hbond substituents is 1. The molecule has 6 heteroatoms. The van der Waals surface area contributed by atoms with Crippen LogP contribution in [0.3, 0.4) is 0 Å². The zero-order valence-electron chi connectivity index (χ0n) is 11.4. The number of carboxylic acid groups (broad SMARTS) is 1. The molecule has 1 aromatic carbocycles. The predicted molar refractivity (Wildman–Crippen MR) is 70.9 cm³/mol. The average molecular weight is 279 g/mol. The number of hydrogen-bond donors (Lipinski definition) is 2. The second-order valence-corrected chi connectivity index (χ2v) is 5.23. The Labute approximate surface area is 116 Å². The number of phenols is 1. The second-order valence-electron chi connectivity index (χ2n) is 5.23. The molecule has 2 N–H and O–H groups in total. The molecule has 0 radical (unpaired) electrons. The summed E-state index contributed by atoms with van der Waals surface area (Å²) in [5.74, 6) is -0.972. The minimum Gasteiger partial charge on any atom is -0.507 e. The van der Waals surface area contributed by atoms with E-state index in [2.05, 4.69) is 0 Å². The van der Waals surface area contributed by atoms with Crippen molar-refractivity contribution in [3.8, 4) is 11.5 Å². The first-order valence-corrected chi connectivity index (χ1v) is 6.27. The van der Waals surface area contributed by atoms with Crippen LogP contribution in [0.25, 0.3) is 0 Å². The third-order valence-corrected chi connectivity index (χ3v) is 3.71. The lowest BCUT2D eigenvalue weighted by atomic mass is 9.90. The fourth-order valence-electron chi connectivity index (χ4n) is 2.29. The van der Waals surface area contributed by atoms with Gasteiger partial charge in [-0.1, -0.05) is 0 Å². The van der Waals surface area contributed by atoms with E-state index in [0.717, 1.165) is 0 Å². The molecule has 20 heavy (non-hydrogen) atoms. The molecule has 1 aromatic rings. The van der Waals surface area contributed by atoms with E-state index >= 15 is 0 Å². The number of ether oxygens (including phenoxy) is 1. The Hall–Kier alpha value is -2.24. The van der Waals surface area contributed by atoms with Gasteiger partial charge in [0.2, 0.25) is 0 Å². The van der Waals surface area contributed by atoms with Crippen LogP contribution in [0.5, 0.6) is 11.5 Å². The van der Waals surface area contributed by atoms with Crippen LogP contribution < -0.4 is 4.74 Å². The average Bonchev–Trinajstić information content (AvgIpc) is 2.83. The molecule has 0 aromatic heterocycles. The van der Waals surface area contributed by atoms with Gasteiger partial charge in [-0.3, -0.25) is 9.59 Å². The standard InChI is InChI=1S/C14H17NO5/c1-14(13(18)19)5-6-15(8-14)12(17)10-7-9(20-2)3-4-11(10)16/h3-4,7,16H,5-6,8H2,1-2H3,(H,18,19).